The fourth-order valence-electron chi connectivity index (χ4n) is 2.75. The van der Waals surface area contributed by atoms with Gasteiger partial charge in [-0.05, 0) is 24.7 Å². The van der Waals surface area contributed by atoms with Gasteiger partial charge in [0.25, 0.3) is 5.91 Å². The molecule has 1 amide bonds. The molecule has 2 heterocycles. The maximum Gasteiger partial charge on any atom is 0.272 e. The molecule has 1 aliphatic heterocycles. The number of hydrogen-bond acceptors (Lipinski definition) is 5. The molecule has 8 heteroatoms. The maximum atomic E-state index is 12.7. The van der Waals surface area contributed by atoms with Crippen LogP contribution in [0.4, 0.5) is 11.5 Å². The molecule has 0 spiro atoms. The van der Waals surface area contributed by atoms with Crippen LogP contribution in [0.25, 0.3) is 0 Å². The molecule has 1 N–H and O–H groups in total. The van der Waals surface area contributed by atoms with Gasteiger partial charge in [-0.1, -0.05) is 30.1 Å². The van der Waals surface area contributed by atoms with Crippen LogP contribution in [0.1, 0.15) is 17.4 Å². The zero-order valence-electron chi connectivity index (χ0n) is 13.9. The second-order valence-electron chi connectivity index (χ2n) is 5.80. The van der Waals surface area contributed by atoms with E-state index in [4.69, 9.17) is 23.2 Å². The lowest BCUT2D eigenvalue weighted by atomic mass is 10.2. The Labute approximate surface area is 156 Å². The van der Waals surface area contributed by atoms with Gasteiger partial charge in [-0.15, -0.1) is 0 Å². The average molecular weight is 380 g/mol. The van der Waals surface area contributed by atoms with Crippen molar-refractivity contribution < 1.29 is 4.79 Å². The van der Waals surface area contributed by atoms with Gasteiger partial charge in [-0.3, -0.25) is 4.79 Å². The quantitative estimate of drug-likeness (QED) is 0.882. The fraction of sp³-hybridized carbons (Fsp3) is 0.353. The second kappa shape index (κ2) is 7.99. The van der Waals surface area contributed by atoms with E-state index in [0.717, 1.165) is 19.6 Å². The largest absolute Gasteiger partial charge is 0.340 e. The molecule has 1 aromatic carbocycles. The van der Waals surface area contributed by atoms with Crippen molar-refractivity contribution >= 4 is 40.6 Å². The minimum atomic E-state index is -0.0784. The number of likely N-dealkylation sites (N-methyl/N-ethyl adjacent to an activating group) is 1. The number of piperazine rings is 1. The molecule has 3 rings (SSSR count). The van der Waals surface area contributed by atoms with Crippen LogP contribution in [-0.2, 0) is 0 Å². The van der Waals surface area contributed by atoms with Crippen molar-refractivity contribution in [1.82, 2.24) is 19.8 Å². The maximum absolute atomic E-state index is 12.7. The van der Waals surface area contributed by atoms with Crippen LogP contribution in [0.2, 0.25) is 10.0 Å². The minimum absolute atomic E-state index is 0.0784. The first kappa shape index (κ1) is 17.9. The number of carbonyl (C=O) groups is 1. The zero-order valence-corrected chi connectivity index (χ0v) is 15.4. The molecule has 1 aliphatic rings. The second-order valence-corrected chi connectivity index (χ2v) is 6.67. The van der Waals surface area contributed by atoms with E-state index in [1.165, 1.54) is 6.33 Å². The summed E-state index contributed by atoms with van der Waals surface area (Å²) >= 11 is 12.0. The van der Waals surface area contributed by atoms with Crippen LogP contribution in [0.5, 0.6) is 0 Å². The molecule has 0 aliphatic carbocycles. The van der Waals surface area contributed by atoms with E-state index in [0.29, 0.717) is 40.3 Å². The number of aromatic nitrogens is 2. The van der Waals surface area contributed by atoms with Crippen molar-refractivity contribution in [3.05, 3.63) is 46.3 Å². The summed E-state index contributed by atoms with van der Waals surface area (Å²) in [5.74, 6) is 0.439. The van der Waals surface area contributed by atoms with Crippen LogP contribution < -0.4 is 5.32 Å². The number of benzene rings is 1. The van der Waals surface area contributed by atoms with Crippen LogP contribution in [0, 0.1) is 0 Å². The number of anilines is 2. The minimum Gasteiger partial charge on any atom is -0.340 e. The van der Waals surface area contributed by atoms with Crippen LogP contribution in [0.15, 0.2) is 30.6 Å². The predicted octanol–water partition coefficient (Wildman–Crippen LogP) is 3.30. The van der Waals surface area contributed by atoms with Crippen molar-refractivity contribution in [3.63, 3.8) is 0 Å². The SMILES string of the molecule is CCN1CCN(C(=O)c2cc(Nc3cc(Cl)cc(Cl)c3)ncn2)CC1. The van der Waals surface area contributed by atoms with Gasteiger partial charge < -0.3 is 15.1 Å². The molecular weight excluding hydrogens is 361 g/mol. The zero-order chi connectivity index (χ0) is 17.8. The van der Waals surface area contributed by atoms with Gasteiger partial charge >= 0.3 is 0 Å². The van der Waals surface area contributed by atoms with Gasteiger partial charge in [0, 0.05) is 48.0 Å². The average Bonchev–Trinajstić information content (AvgIpc) is 2.60. The Morgan fingerprint density at radius 1 is 1.08 bits per heavy atom. The lowest BCUT2D eigenvalue weighted by molar-refractivity contribution is 0.0637. The van der Waals surface area contributed by atoms with Gasteiger partial charge in [0.1, 0.15) is 17.8 Å². The Balaban J connectivity index is 1.71. The Bertz CT molecular complexity index is 742. The summed E-state index contributed by atoms with van der Waals surface area (Å²) < 4.78 is 0. The number of halogens is 2. The number of amides is 1. The van der Waals surface area contributed by atoms with E-state index in [9.17, 15) is 4.79 Å². The first-order valence-corrected chi connectivity index (χ1v) is 8.87. The van der Waals surface area contributed by atoms with Crippen molar-refractivity contribution in [3.8, 4) is 0 Å². The van der Waals surface area contributed by atoms with Crippen LogP contribution >= 0.6 is 23.2 Å². The normalized spacial score (nSPS) is 15.2. The molecule has 0 unspecified atom stereocenters. The van der Waals surface area contributed by atoms with Crippen molar-refractivity contribution in [2.24, 2.45) is 0 Å². The lowest BCUT2D eigenvalue weighted by Crippen LogP contribution is -2.48. The number of nitrogens with zero attached hydrogens (tertiary/aromatic N) is 4. The summed E-state index contributed by atoms with van der Waals surface area (Å²) in [6.45, 7) is 6.33. The van der Waals surface area contributed by atoms with E-state index in [1.807, 2.05) is 4.90 Å². The molecule has 2 aromatic rings. The highest BCUT2D eigenvalue weighted by atomic mass is 35.5. The third-order valence-electron chi connectivity index (χ3n) is 4.13. The number of hydrogen-bond donors (Lipinski definition) is 1. The van der Waals surface area contributed by atoms with Gasteiger partial charge in [-0.25, -0.2) is 9.97 Å². The molecule has 1 fully saturated rings. The van der Waals surface area contributed by atoms with Crippen LogP contribution in [-0.4, -0.2) is 58.4 Å². The topological polar surface area (TPSA) is 61.4 Å². The van der Waals surface area contributed by atoms with Gasteiger partial charge in [0.05, 0.1) is 0 Å². The monoisotopic (exact) mass is 379 g/mol. The highest BCUT2D eigenvalue weighted by Gasteiger charge is 2.22. The Morgan fingerprint density at radius 3 is 2.40 bits per heavy atom. The molecule has 1 saturated heterocycles. The van der Waals surface area contributed by atoms with E-state index in [2.05, 4.69) is 27.1 Å². The summed E-state index contributed by atoms with van der Waals surface area (Å²) in [6.07, 6.45) is 1.38. The summed E-state index contributed by atoms with van der Waals surface area (Å²) in [7, 11) is 0. The molecule has 132 valence electrons. The lowest BCUT2D eigenvalue weighted by Gasteiger charge is -2.33. The first-order valence-electron chi connectivity index (χ1n) is 8.12. The highest BCUT2D eigenvalue weighted by Crippen LogP contribution is 2.24. The summed E-state index contributed by atoms with van der Waals surface area (Å²) in [5.41, 5.74) is 1.07. The summed E-state index contributed by atoms with van der Waals surface area (Å²) in [6, 6.07) is 6.77. The van der Waals surface area contributed by atoms with Gasteiger partial charge in [0.2, 0.25) is 0 Å². The molecule has 6 nitrogen and oxygen atoms in total. The van der Waals surface area contributed by atoms with E-state index >= 15 is 0 Å². The number of carbonyl (C=O) groups excluding carboxylic acids is 1. The Hall–Kier alpha value is -1.89. The highest BCUT2D eigenvalue weighted by molar-refractivity contribution is 6.35. The third kappa shape index (κ3) is 4.60. The fourth-order valence-corrected chi connectivity index (χ4v) is 3.27. The molecule has 25 heavy (non-hydrogen) atoms. The smallest absolute Gasteiger partial charge is 0.272 e. The van der Waals surface area contributed by atoms with E-state index in [-0.39, 0.29) is 5.91 Å². The van der Waals surface area contributed by atoms with Crippen LogP contribution in [0.3, 0.4) is 0 Å². The van der Waals surface area contributed by atoms with E-state index < -0.39 is 0 Å². The van der Waals surface area contributed by atoms with Crippen molar-refractivity contribution in [2.45, 2.75) is 6.92 Å². The van der Waals surface area contributed by atoms with Crippen molar-refractivity contribution in [1.29, 1.82) is 0 Å². The van der Waals surface area contributed by atoms with Crippen molar-refractivity contribution in [2.75, 3.05) is 38.0 Å². The van der Waals surface area contributed by atoms with Gasteiger partial charge in [0.15, 0.2) is 0 Å². The summed E-state index contributed by atoms with van der Waals surface area (Å²) in [4.78, 5) is 25.1. The predicted molar refractivity (Wildman–Crippen MR) is 99.8 cm³/mol. The Kier molecular flexibility index (Phi) is 5.73. The Morgan fingerprint density at radius 2 is 1.76 bits per heavy atom. The first-order chi connectivity index (χ1) is 12.0. The standard InChI is InChI=1S/C17H19Cl2N5O/c1-2-23-3-5-24(6-4-23)17(25)15-10-16(21-11-20-15)22-14-8-12(18)7-13(19)9-14/h7-11H,2-6H2,1H3,(H,20,21,22). The summed E-state index contributed by atoms with van der Waals surface area (Å²) in [5, 5.41) is 4.15. The molecule has 1 aromatic heterocycles. The molecular formula is C17H19Cl2N5O. The third-order valence-corrected chi connectivity index (χ3v) is 4.56. The number of rotatable bonds is 4. The molecule has 0 saturated carbocycles. The number of nitrogens with one attached hydrogen (secondary N) is 1. The molecule has 0 atom stereocenters. The van der Waals surface area contributed by atoms with E-state index in [1.54, 1.807) is 24.3 Å². The molecule has 0 radical (unpaired) electrons. The molecule has 0 bridgehead atoms. The van der Waals surface area contributed by atoms with Gasteiger partial charge in [-0.2, -0.15) is 0 Å².